The number of nitrogens with zero attached hydrogens (tertiary/aromatic N) is 1. The Bertz CT molecular complexity index is 598. The number of carbonyl (C=O) groups excluding carboxylic acids is 2. The number of nitrogens with one attached hydrogen (secondary N) is 1. The van der Waals surface area contributed by atoms with Crippen LogP contribution in [0, 0.1) is 0 Å². The zero-order valence-electron chi connectivity index (χ0n) is 14.0. The highest BCUT2D eigenvalue weighted by Crippen LogP contribution is 2.15. The smallest absolute Gasteiger partial charge is 0.326 e. The lowest BCUT2D eigenvalue weighted by atomic mass is 10.1. The predicted octanol–water partition coefficient (Wildman–Crippen LogP) is 2.18. The monoisotopic (exact) mass is 332 g/mol. The molecular formula is C18H24N2O4. The van der Waals surface area contributed by atoms with E-state index in [0.29, 0.717) is 24.9 Å². The number of rotatable bonds is 8. The lowest BCUT2D eigenvalue weighted by molar-refractivity contribution is -0.139. The Labute approximate surface area is 141 Å². The van der Waals surface area contributed by atoms with Crippen LogP contribution in [0.25, 0.3) is 0 Å². The maximum Gasteiger partial charge on any atom is 0.326 e. The van der Waals surface area contributed by atoms with Crippen molar-refractivity contribution >= 4 is 17.8 Å². The van der Waals surface area contributed by atoms with E-state index in [1.54, 1.807) is 17.0 Å². The van der Waals surface area contributed by atoms with Crippen molar-refractivity contribution in [1.29, 1.82) is 0 Å². The van der Waals surface area contributed by atoms with Crippen LogP contribution in [0.5, 0.6) is 0 Å². The fourth-order valence-electron chi connectivity index (χ4n) is 2.76. The first-order valence-electron chi connectivity index (χ1n) is 8.41. The number of benzene rings is 1. The maximum atomic E-state index is 12.2. The van der Waals surface area contributed by atoms with Gasteiger partial charge in [-0.3, -0.25) is 9.59 Å². The molecule has 2 rings (SSSR count). The number of carboxylic acid groups (broad SMARTS) is 1. The second-order valence-electron chi connectivity index (χ2n) is 6.12. The van der Waals surface area contributed by atoms with Crippen molar-refractivity contribution in [2.45, 2.75) is 51.6 Å². The Morgan fingerprint density at radius 2 is 2.00 bits per heavy atom. The van der Waals surface area contributed by atoms with E-state index in [2.05, 4.69) is 5.32 Å². The molecule has 0 aliphatic carbocycles. The number of amides is 2. The summed E-state index contributed by atoms with van der Waals surface area (Å²) in [5.74, 6) is -1.24. The summed E-state index contributed by atoms with van der Waals surface area (Å²) in [5.41, 5.74) is 1.39. The first-order chi connectivity index (χ1) is 11.5. The number of aliphatic carboxylic acids is 1. The minimum Gasteiger partial charge on any atom is -0.480 e. The molecule has 1 saturated heterocycles. The van der Waals surface area contributed by atoms with Crippen molar-refractivity contribution < 1.29 is 19.5 Å². The first-order valence-corrected chi connectivity index (χ1v) is 8.41. The Balaban J connectivity index is 1.94. The molecule has 24 heavy (non-hydrogen) atoms. The Kier molecular flexibility index (Phi) is 6.35. The first kappa shape index (κ1) is 18.0. The molecule has 0 aromatic heterocycles. The second kappa shape index (κ2) is 8.47. The van der Waals surface area contributed by atoms with Crippen LogP contribution in [-0.4, -0.2) is 40.4 Å². The molecule has 1 heterocycles. The van der Waals surface area contributed by atoms with Gasteiger partial charge in [-0.05, 0) is 30.5 Å². The van der Waals surface area contributed by atoms with Gasteiger partial charge in [0.05, 0.1) is 0 Å². The van der Waals surface area contributed by atoms with E-state index in [1.165, 1.54) is 0 Å². The van der Waals surface area contributed by atoms with Gasteiger partial charge in [-0.25, -0.2) is 4.79 Å². The lowest BCUT2D eigenvalue weighted by Gasteiger charge is -2.16. The predicted molar refractivity (Wildman–Crippen MR) is 89.5 cm³/mol. The molecule has 1 aliphatic heterocycles. The highest BCUT2D eigenvalue weighted by molar-refractivity contribution is 5.96. The topological polar surface area (TPSA) is 86.7 Å². The van der Waals surface area contributed by atoms with Gasteiger partial charge in [0.1, 0.15) is 6.04 Å². The van der Waals surface area contributed by atoms with Crippen molar-refractivity contribution in [1.82, 2.24) is 10.2 Å². The molecule has 0 radical (unpaired) electrons. The summed E-state index contributed by atoms with van der Waals surface area (Å²) in [6.45, 7) is 3.30. The molecule has 130 valence electrons. The van der Waals surface area contributed by atoms with Crippen LogP contribution >= 0.6 is 0 Å². The summed E-state index contributed by atoms with van der Waals surface area (Å²) in [5, 5.41) is 11.7. The van der Waals surface area contributed by atoms with E-state index in [1.807, 2.05) is 19.1 Å². The second-order valence-corrected chi connectivity index (χ2v) is 6.12. The lowest BCUT2D eigenvalue weighted by Crippen LogP contribution is -2.40. The number of likely N-dealkylation sites (tertiary alicyclic amines) is 1. The summed E-state index contributed by atoms with van der Waals surface area (Å²) in [6, 6.07) is 6.10. The van der Waals surface area contributed by atoms with Crippen LogP contribution < -0.4 is 5.32 Å². The molecule has 2 amide bonds. The van der Waals surface area contributed by atoms with Gasteiger partial charge >= 0.3 is 5.97 Å². The number of carbonyl (C=O) groups is 3. The van der Waals surface area contributed by atoms with Crippen LogP contribution in [0.1, 0.15) is 54.9 Å². The number of hydrogen-bond donors (Lipinski definition) is 2. The molecule has 6 heteroatoms. The van der Waals surface area contributed by atoms with Gasteiger partial charge in [-0.1, -0.05) is 31.9 Å². The summed E-state index contributed by atoms with van der Waals surface area (Å²) >= 11 is 0. The molecule has 0 bridgehead atoms. The molecule has 1 atom stereocenters. The Morgan fingerprint density at radius 1 is 1.29 bits per heavy atom. The summed E-state index contributed by atoms with van der Waals surface area (Å²) in [6.07, 6.45) is 3.55. The summed E-state index contributed by atoms with van der Waals surface area (Å²) < 4.78 is 0. The van der Waals surface area contributed by atoms with Gasteiger partial charge < -0.3 is 15.3 Å². The zero-order valence-corrected chi connectivity index (χ0v) is 14.0. The van der Waals surface area contributed by atoms with Crippen LogP contribution in [-0.2, 0) is 16.1 Å². The minimum absolute atomic E-state index is 0.164. The van der Waals surface area contributed by atoms with Crippen molar-refractivity contribution in [2.24, 2.45) is 0 Å². The maximum absolute atomic E-state index is 12.2. The van der Waals surface area contributed by atoms with Gasteiger partial charge in [-0.15, -0.1) is 0 Å². The molecule has 2 N–H and O–H groups in total. The van der Waals surface area contributed by atoms with E-state index in [4.69, 9.17) is 0 Å². The fourth-order valence-corrected chi connectivity index (χ4v) is 2.76. The number of carboxylic acids is 1. The van der Waals surface area contributed by atoms with E-state index < -0.39 is 12.0 Å². The molecule has 0 spiro atoms. The van der Waals surface area contributed by atoms with Crippen LogP contribution in [0.4, 0.5) is 0 Å². The van der Waals surface area contributed by atoms with Gasteiger partial charge in [0.2, 0.25) is 5.91 Å². The third-order valence-corrected chi connectivity index (χ3v) is 4.21. The quantitative estimate of drug-likeness (QED) is 0.764. The van der Waals surface area contributed by atoms with Crippen LogP contribution in [0.15, 0.2) is 24.3 Å². The molecule has 1 aromatic carbocycles. The van der Waals surface area contributed by atoms with E-state index in [9.17, 15) is 19.5 Å². The largest absolute Gasteiger partial charge is 0.480 e. The van der Waals surface area contributed by atoms with Gasteiger partial charge in [0.25, 0.3) is 5.91 Å². The van der Waals surface area contributed by atoms with Crippen LogP contribution in [0.2, 0.25) is 0 Å². The molecule has 1 fully saturated rings. The molecule has 6 nitrogen and oxygen atoms in total. The van der Waals surface area contributed by atoms with Crippen molar-refractivity contribution in [2.75, 3.05) is 6.54 Å². The molecule has 1 aliphatic rings. The van der Waals surface area contributed by atoms with Crippen molar-refractivity contribution in [3.05, 3.63) is 35.4 Å². The van der Waals surface area contributed by atoms with E-state index in [0.717, 1.165) is 31.4 Å². The third kappa shape index (κ3) is 4.81. The Hall–Kier alpha value is -2.37. The molecule has 1 aromatic rings. The van der Waals surface area contributed by atoms with E-state index >= 15 is 0 Å². The average molecular weight is 332 g/mol. The van der Waals surface area contributed by atoms with Crippen LogP contribution in [0.3, 0.4) is 0 Å². The molecular weight excluding hydrogens is 308 g/mol. The highest BCUT2D eigenvalue weighted by Gasteiger charge is 2.21. The summed E-state index contributed by atoms with van der Waals surface area (Å²) in [4.78, 5) is 36.8. The van der Waals surface area contributed by atoms with Gasteiger partial charge in [0, 0.05) is 25.1 Å². The Morgan fingerprint density at radius 3 is 2.54 bits per heavy atom. The highest BCUT2D eigenvalue weighted by atomic mass is 16.4. The normalized spacial score (nSPS) is 15.4. The number of hydrogen-bond acceptors (Lipinski definition) is 3. The minimum atomic E-state index is -1.01. The van der Waals surface area contributed by atoms with Gasteiger partial charge in [0.15, 0.2) is 0 Å². The average Bonchev–Trinajstić information content (AvgIpc) is 2.96. The molecule has 0 saturated carbocycles. The molecule has 0 unspecified atom stereocenters. The third-order valence-electron chi connectivity index (χ3n) is 4.21. The zero-order chi connectivity index (χ0) is 17.5. The SMILES string of the molecule is CCCC[C@H](NC(=O)c1ccc(CN2CCCC2=O)cc1)C(=O)O. The van der Waals surface area contributed by atoms with E-state index in [-0.39, 0.29) is 11.8 Å². The standard InChI is InChI=1S/C18H24N2O4/c1-2-3-5-15(18(23)24)19-17(22)14-9-7-13(8-10-14)12-20-11-4-6-16(20)21/h7-10,15H,2-6,11-12H2,1H3,(H,19,22)(H,23,24)/t15-/m0/s1. The van der Waals surface area contributed by atoms with Crippen molar-refractivity contribution in [3.8, 4) is 0 Å². The number of unbranched alkanes of at least 4 members (excludes halogenated alkanes) is 1. The summed E-state index contributed by atoms with van der Waals surface area (Å²) in [7, 11) is 0. The van der Waals surface area contributed by atoms with Gasteiger partial charge in [-0.2, -0.15) is 0 Å². The fraction of sp³-hybridized carbons (Fsp3) is 0.500. The van der Waals surface area contributed by atoms with Crippen molar-refractivity contribution in [3.63, 3.8) is 0 Å².